The maximum Gasteiger partial charge on any atom is 0.338 e. The summed E-state index contributed by atoms with van der Waals surface area (Å²) < 4.78 is 10.5. The highest BCUT2D eigenvalue weighted by molar-refractivity contribution is 5.89. The van der Waals surface area contributed by atoms with Crippen molar-refractivity contribution >= 4 is 5.97 Å². The van der Waals surface area contributed by atoms with Gasteiger partial charge in [-0.3, -0.25) is 0 Å². The van der Waals surface area contributed by atoms with E-state index in [1.807, 2.05) is 18.2 Å². The maximum atomic E-state index is 11.8. The van der Waals surface area contributed by atoms with Gasteiger partial charge in [0.2, 0.25) is 0 Å². The summed E-state index contributed by atoms with van der Waals surface area (Å²) in [6.07, 6.45) is 1.46. The molecular weight excluding hydrogens is 218 g/mol. The summed E-state index contributed by atoms with van der Waals surface area (Å²) in [7, 11) is 0. The van der Waals surface area contributed by atoms with E-state index in [0.717, 1.165) is 18.4 Å². The lowest BCUT2D eigenvalue weighted by molar-refractivity contribution is 0.0270. The molecule has 17 heavy (non-hydrogen) atoms. The predicted octanol–water partition coefficient (Wildman–Crippen LogP) is 1.13. The van der Waals surface area contributed by atoms with Crippen LogP contribution in [-0.2, 0) is 15.9 Å². The molecule has 1 heterocycles. The molecule has 0 radical (unpaired) electrons. The normalized spacial score (nSPS) is 19.2. The molecule has 0 bridgehead atoms. The number of esters is 1. The SMILES string of the molecule is NCCc1cccc(C(=O)OC2CCOC2)c1. The van der Waals surface area contributed by atoms with Gasteiger partial charge in [-0.15, -0.1) is 0 Å². The molecule has 0 saturated carbocycles. The highest BCUT2D eigenvalue weighted by Gasteiger charge is 2.20. The number of carbonyl (C=O) groups is 1. The topological polar surface area (TPSA) is 61.6 Å². The van der Waals surface area contributed by atoms with Gasteiger partial charge in [-0.25, -0.2) is 4.79 Å². The fourth-order valence-electron chi connectivity index (χ4n) is 1.85. The van der Waals surface area contributed by atoms with Crippen LogP contribution in [0.25, 0.3) is 0 Å². The van der Waals surface area contributed by atoms with E-state index in [1.54, 1.807) is 6.07 Å². The maximum absolute atomic E-state index is 11.8. The smallest absolute Gasteiger partial charge is 0.338 e. The third-order valence-electron chi connectivity index (χ3n) is 2.76. The molecule has 1 atom stereocenters. The third kappa shape index (κ3) is 3.28. The second-order valence-electron chi connectivity index (χ2n) is 4.13. The summed E-state index contributed by atoms with van der Waals surface area (Å²) in [4.78, 5) is 11.8. The highest BCUT2D eigenvalue weighted by atomic mass is 16.6. The van der Waals surface area contributed by atoms with Gasteiger partial charge in [0.1, 0.15) is 6.10 Å². The molecule has 92 valence electrons. The minimum Gasteiger partial charge on any atom is -0.456 e. The van der Waals surface area contributed by atoms with Crippen LogP contribution in [0.5, 0.6) is 0 Å². The van der Waals surface area contributed by atoms with Crippen molar-refractivity contribution in [3.8, 4) is 0 Å². The van der Waals surface area contributed by atoms with Crippen LogP contribution in [0, 0.1) is 0 Å². The average Bonchev–Trinajstić information content (AvgIpc) is 2.83. The van der Waals surface area contributed by atoms with Crippen molar-refractivity contribution in [2.75, 3.05) is 19.8 Å². The Kier molecular flexibility index (Phi) is 4.12. The molecule has 4 nitrogen and oxygen atoms in total. The molecule has 1 aromatic rings. The van der Waals surface area contributed by atoms with Gasteiger partial charge in [0.05, 0.1) is 18.8 Å². The molecule has 4 heteroatoms. The van der Waals surface area contributed by atoms with E-state index in [4.69, 9.17) is 15.2 Å². The van der Waals surface area contributed by atoms with E-state index >= 15 is 0 Å². The zero-order valence-electron chi connectivity index (χ0n) is 9.72. The Morgan fingerprint density at radius 3 is 3.12 bits per heavy atom. The molecule has 0 amide bonds. The largest absolute Gasteiger partial charge is 0.456 e. The van der Waals surface area contributed by atoms with Gasteiger partial charge < -0.3 is 15.2 Å². The molecule has 0 aliphatic carbocycles. The van der Waals surface area contributed by atoms with E-state index in [-0.39, 0.29) is 12.1 Å². The Balaban J connectivity index is 1.99. The quantitative estimate of drug-likeness (QED) is 0.795. The first-order chi connectivity index (χ1) is 8.29. The molecule has 1 unspecified atom stereocenters. The minimum absolute atomic E-state index is 0.0966. The Hall–Kier alpha value is -1.39. The van der Waals surface area contributed by atoms with Gasteiger partial charge in [-0.1, -0.05) is 12.1 Å². The van der Waals surface area contributed by atoms with Crippen molar-refractivity contribution in [2.45, 2.75) is 18.9 Å². The predicted molar refractivity (Wildman–Crippen MR) is 63.8 cm³/mol. The van der Waals surface area contributed by atoms with Crippen molar-refractivity contribution in [3.05, 3.63) is 35.4 Å². The standard InChI is InChI=1S/C13H17NO3/c14-6-4-10-2-1-3-11(8-10)13(15)17-12-5-7-16-9-12/h1-3,8,12H,4-7,9,14H2. The molecule has 1 aliphatic rings. The van der Waals surface area contributed by atoms with Crippen molar-refractivity contribution in [1.29, 1.82) is 0 Å². The van der Waals surface area contributed by atoms with Crippen LogP contribution in [-0.4, -0.2) is 31.8 Å². The fraction of sp³-hybridized carbons (Fsp3) is 0.462. The zero-order chi connectivity index (χ0) is 12.1. The molecule has 2 rings (SSSR count). The first-order valence-corrected chi connectivity index (χ1v) is 5.87. The van der Waals surface area contributed by atoms with Crippen molar-refractivity contribution in [3.63, 3.8) is 0 Å². The van der Waals surface area contributed by atoms with Crippen LogP contribution in [0.1, 0.15) is 22.3 Å². The van der Waals surface area contributed by atoms with Gasteiger partial charge in [0.15, 0.2) is 0 Å². The molecule has 1 aliphatic heterocycles. The summed E-state index contributed by atoms with van der Waals surface area (Å²) in [6, 6.07) is 7.41. The van der Waals surface area contributed by atoms with Crippen LogP contribution in [0.3, 0.4) is 0 Å². The van der Waals surface area contributed by atoms with Crippen LogP contribution in [0.2, 0.25) is 0 Å². The summed E-state index contributed by atoms with van der Waals surface area (Å²) >= 11 is 0. The second-order valence-corrected chi connectivity index (χ2v) is 4.13. The first kappa shape index (κ1) is 12.1. The van der Waals surface area contributed by atoms with Gasteiger partial charge in [0, 0.05) is 6.42 Å². The second kappa shape index (κ2) is 5.80. The Bertz CT molecular complexity index is 386. The molecule has 1 saturated heterocycles. The first-order valence-electron chi connectivity index (χ1n) is 5.87. The summed E-state index contributed by atoms with van der Waals surface area (Å²) in [5.41, 5.74) is 7.13. The van der Waals surface area contributed by atoms with Crippen molar-refractivity contribution in [1.82, 2.24) is 0 Å². The van der Waals surface area contributed by atoms with E-state index in [2.05, 4.69) is 0 Å². The van der Waals surface area contributed by atoms with Gasteiger partial charge >= 0.3 is 5.97 Å². The number of ether oxygens (including phenoxy) is 2. The van der Waals surface area contributed by atoms with Crippen LogP contribution in [0.4, 0.5) is 0 Å². The number of hydrogen-bond acceptors (Lipinski definition) is 4. The van der Waals surface area contributed by atoms with Gasteiger partial charge in [-0.2, -0.15) is 0 Å². The Labute approximate surface area is 101 Å². The lowest BCUT2D eigenvalue weighted by atomic mass is 10.1. The molecule has 2 N–H and O–H groups in total. The number of rotatable bonds is 4. The molecule has 0 spiro atoms. The van der Waals surface area contributed by atoms with E-state index < -0.39 is 0 Å². The number of benzene rings is 1. The van der Waals surface area contributed by atoms with Gasteiger partial charge in [0.25, 0.3) is 0 Å². The number of nitrogens with two attached hydrogens (primary N) is 1. The fourth-order valence-corrected chi connectivity index (χ4v) is 1.85. The summed E-state index contributed by atoms with van der Waals surface area (Å²) in [5.74, 6) is -0.278. The highest BCUT2D eigenvalue weighted by Crippen LogP contribution is 2.13. The van der Waals surface area contributed by atoms with E-state index in [9.17, 15) is 4.79 Å². The summed E-state index contributed by atoms with van der Waals surface area (Å²) in [5, 5.41) is 0. The van der Waals surface area contributed by atoms with Crippen molar-refractivity contribution < 1.29 is 14.3 Å². The number of hydrogen-bond donors (Lipinski definition) is 1. The minimum atomic E-state index is -0.278. The van der Waals surface area contributed by atoms with Crippen LogP contribution >= 0.6 is 0 Å². The van der Waals surface area contributed by atoms with Crippen molar-refractivity contribution in [2.24, 2.45) is 5.73 Å². The van der Waals surface area contributed by atoms with Crippen LogP contribution < -0.4 is 5.73 Å². The van der Waals surface area contributed by atoms with Gasteiger partial charge in [-0.05, 0) is 30.7 Å². The Morgan fingerprint density at radius 1 is 1.53 bits per heavy atom. The average molecular weight is 235 g/mol. The zero-order valence-corrected chi connectivity index (χ0v) is 9.72. The Morgan fingerprint density at radius 2 is 2.41 bits per heavy atom. The van der Waals surface area contributed by atoms with Crippen LogP contribution in [0.15, 0.2) is 24.3 Å². The molecule has 0 aromatic heterocycles. The third-order valence-corrected chi connectivity index (χ3v) is 2.76. The van der Waals surface area contributed by atoms with E-state index in [0.29, 0.717) is 25.3 Å². The lowest BCUT2D eigenvalue weighted by Crippen LogP contribution is -2.18. The molecular formula is C13H17NO3. The molecule has 1 fully saturated rings. The number of carbonyl (C=O) groups excluding carboxylic acids is 1. The molecule has 1 aromatic carbocycles. The van der Waals surface area contributed by atoms with E-state index in [1.165, 1.54) is 0 Å². The summed E-state index contributed by atoms with van der Waals surface area (Å²) in [6.45, 7) is 1.76. The monoisotopic (exact) mass is 235 g/mol. The lowest BCUT2D eigenvalue weighted by Gasteiger charge is -2.10.